The summed E-state index contributed by atoms with van der Waals surface area (Å²) in [6.07, 6.45) is 1.61. The predicted octanol–water partition coefficient (Wildman–Crippen LogP) is 2.81. The Bertz CT molecular complexity index is 621. The van der Waals surface area contributed by atoms with Crippen molar-refractivity contribution in [3.05, 3.63) is 47.9 Å². The summed E-state index contributed by atoms with van der Waals surface area (Å²) in [4.78, 5) is 19.8. The minimum atomic E-state index is -1.10. The van der Waals surface area contributed by atoms with E-state index in [9.17, 15) is 9.90 Å². The number of carbonyl (C=O) groups is 1. The zero-order chi connectivity index (χ0) is 14.0. The summed E-state index contributed by atoms with van der Waals surface area (Å²) in [7, 11) is 0. The highest BCUT2D eigenvalue weighted by Gasteiger charge is 2.32. The van der Waals surface area contributed by atoms with Gasteiger partial charge < -0.3 is 5.11 Å². The summed E-state index contributed by atoms with van der Waals surface area (Å²) in [5.41, 5.74) is 1.74. The third-order valence-corrected chi connectivity index (χ3v) is 3.17. The Hall–Kier alpha value is -2.23. The van der Waals surface area contributed by atoms with Crippen molar-refractivity contribution in [1.82, 2.24) is 9.97 Å². The van der Waals surface area contributed by atoms with E-state index in [-0.39, 0.29) is 0 Å². The van der Waals surface area contributed by atoms with Gasteiger partial charge in [-0.1, -0.05) is 24.3 Å². The summed E-state index contributed by atoms with van der Waals surface area (Å²) in [5.74, 6) is -0.616. The van der Waals surface area contributed by atoms with E-state index >= 15 is 0 Å². The zero-order valence-electron chi connectivity index (χ0n) is 11.2. The molecule has 98 valence electrons. The molecule has 0 unspecified atom stereocenters. The fourth-order valence-corrected chi connectivity index (χ4v) is 1.77. The first-order valence-electron chi connectivity index (χ1n) is 6.06. The highest BCUT2D eigenvalue weighted by molar-refractivity contribution is 5.79. The molecule has 19 heavy (non-hydrogen) atoms. The number of rotatable bonds is 3. The number of carboxylic acids is 1. The lowest BCUT2D eigenvalue weighted by atomic mass is 9.92. The number of aromatic nitrogens is 2. The first kappa shape index (κ1) is 13.2. The number of carboxylic acid groups (broad SMARTS) is 1. The molecule has 0 atom stereocenters. The van der Waals surface area contributed by atoms with Crippen LogP contribution in [0.2, 0.25) is 0 Å². The topological polar surface area (TPSA) is 63.1 Å². The third-order valence-electron chi connectivity index (χ3n) is 3.17. The van der Waals surface area contributed by atoms with Crippen molar-refractivity contribution in [2.45, 2.75) is 26.2 Å². The molecule has 0 saturated heterocycles. The van der Waals surface area contributed by atoms with Gasteiger partial charge in [0.25, 0.3) is 0 Å². The molecule has 0 amide bonds. The van der Waals surface area contributed by atoms with Crippen LogP contribution in [0.3, 0.4) is 0 Å². The number of hydrogen-bond acceptors (Lipinski definition) is 3. The van der Waals surface area contributed by atoms with Crippen molar-refractivity contribution in [2.75, 3.05) is 0 Å². The highest BCUT2D eigenvalue weighted by atomic mass is 16.4. The van der Waals surface area contributed by atoms with Gasteiger partial charge >= 0.3 is 5.97 Å². The maximum Gasteiger partial charge on any atom is 0.316 e. The van der Waals surface area contributed by atoms with Crippen LogP contribution >= 0.6 is 0 Å². The van der Waals surface area contributed by atoms with Crippen LogP contribution in [0.1, 0.15) is 25.2 Å². The number of aliphatic carboxylic acids is 1. The van der Waals surface area contributed by atoms with Crippen molar-refractivity contribution in [2.24, 2.45) is 0 Å². The van der Waals surface area contributed by atoms with Crippen molar-refractivity contribution < 1.29 is 9.90 Å². The Morgan fingerprint density at radius 3 is 2.53 bits per heavy atom. The van der Waals surface area contributed by atoms with E-state index in [1.807, 2.05) is 31.2 Å². The average Bonchev–Trinajstić information content (AvgIpc) is 2.39. The predicted molar refractivity (Wildman–Crippen MR) is 72.9 cm³/mol. The molecule has 0 aliphatic heterocycles. The summed E-state index contributed by atoms with van der Waals surface area (Å²) >= 11 is 0. The van der Waals surface area contributed by atoms with Gasteiger partial charge in [0.1, 0.15) is 11.2 Å². The van der Waals surface area contributed by atoms with Gasteiger partial charge in [-0.3, -0.25) is 4.79 Å². The lowest BCUT2D eigenvalue weighted by Gasteiger charge is -2.18. The van der Waals surface area contributed by atoms with Gasteiger partial charge in [0, 0.05) is 11.8 Å². The van der Waals surface area contributed by atoms with Crippen LogP contribution in [-0.4, -0.2) is 21.0 Å². The fraction of sp³-hybridized carbons (Fsp3) is 0.267. The van der Waals surface area contributed by atoms with E-state index in [0.29, 0.717) is 5.82 Å². The van der Waals surface area contributed by atoms with Gasteiger partial charge in [-0.2, -0.15) is 0 Å². The first-order valence-corrected chi connectivity index (χ1v) is 6.06. The van der Waals surface area contributed by atoms with E-state index in [4.69, 9.17) is 0 Å². The molecule has 0 aliphatic carbocycles. The lowest BCUT2D eigenvalue weighted by molar-refractivity contribution is -0.142. The summed E-state index contributed by atoms with van der Waals surface area (Å²) in [6, 6.07) is 9.66. The van der Waals surface area contributed by atoms with Crippen LogP contribution < -0.4 is 0 Å². The monoisotopic (exact) mass is 256 g/mol. The van der Waals surface area contributed by atoms with Crippen LogP contribution in [0.4, 0.5) is 0 Å². The van der Waals surface area contributed by atoms with Crippen molar-refractivity contribution >= 4 is 5.97 Å². The van der Waals surface area contributed by atoms with Gasteiger partial charge in [-0.15, -0.1) is 0 Å². The van der Waals surface area contributed by atoms with Gasteiger partial charge in [0.15, 0.2) is 0 Å². The average molecular weight is 256 g/mol. The number of hydrogen-bond donors (Lipinski definition) is 1. The molecular weight excluding hydrogens is 240 g/mol. The molecule has 4 nitrogen and oxygen atoms in total. The van der Waals surface area contributed by atoms with Crippen LogP contribution in [0.25, 0.3) is 11.3 Å². The Morgan fingerprint density at radius 1 is 1.21 bits per heavy atom. The molecule has 0 spiro atoms. The van der Waals surface area contributed by atoms with Crippen LogP contribution in [-0.2, 0) is 10.2 Å². The minimum Gasteiger partial charge on any atom is -0.481 e. The van der Waals surface area contributed by atoms with Gasteiger partial charge in [-0.05, 0) is 32.4 Å². The van der Waals surface area contributed by atoms with Crippen LogP contribution in [0.15, 0.2) is 36.5 Å². The number of benzene rings is 1. The smallest absolute Gasteiger partial charge is 0.316 e. The standard InChI is InChI=1S/C15H16N2O2/c1-10-6-4-5-7-11(10)12-8-9-16-13(17-12)15(2,3)14(18)19/h4-9H,1-3H3,(H,18,19). The maximum absolute atomic E-state index is 11.3. The third kappa shape index (κ3) is 2.47. The Balaban J connectivity index is 2.52. The molecule has 1 heterocycles. The molecule has 0 fully saturated rings. The summed E-state index contributed by atoms with van der Waals surface area (Å²) in [5, 5.41) is 9.23. The molecule has 1 aromatic heterocycles. The second-order valence-electron chi connectivity index (χ2n) is 5.01. The molecular formula is C15H16N2O2. The Morgan fingerprint density at radius 2 is 1.89 bits per heavy atom. The minimum absolute atomic E-state index is 0.320. The molecule has 1 aromatic carbocycles. The van der Waals surface area contributed by atoms with Crippen molar-refractivity contribution in [3.63, 3.8) is 0 Å². The quantitative estimate of drug-likeness (QED) is 0.917. The molecule has 0 bridgehead atoms. The normalized spacial score (nSPS) is 11.3. The highest BCUT2D eigenvalue weighted by Crippen LogP contribution is 2.24. The maximum atomic E-state index is 11.3. The van der Waals surface area contributed by atoms with E-state index < -0.39 is 11.4 Å². The SMILES string of the molecule is Cc1ccccc1-c1ccnc(C(C)(C)C(=O)O)n1. The number of aryl methyl sites for hydroxylation is 1. The second kappa shape index (κ2) is 4.80. The first-order chi connectivity index (χ1) is 8.93. The van der Waals surface area contributed by atoms with Gasteiger partial charge in [0.05, 0.1) is 5.69 Å². The Labute approximate surface area is 112 Å². The molecule has 0 saturated carbocycles. The molecule has 1 N–H and O–H groups in total. The molecule has 0 aliphatic rings. The Kier molecular flexibility index (Phi) is 3.34. The second-order valence-corrected chi connectivity index (χ2v) is 5.01. The van der Waals surface area contributed by atoms with Gasteiger partial charge in [0.2, 0.25) is 0 Å². The molecule has 2 aromatic rings. The number of nitrogens with zero attached hydrogens (tertiary/aromatic N) is 2. The molecule has 0 radical (unpaired) electrons. The van der Waals surface area contributed by atoms with E-state index in [2.05, 4.69) is 9.97 Å². The van der Waals surface area contributed by atoms with E-state index in [1.165, 1.54) is 0 Å². The molecule has 4 heteroatoms. The fourth-order valence-electron chi connectivity index (χ4n) is 1.77. The van der Waals surface area contributed by atoms with Crippen LogP contribution in [0, 0.1) is 6.92 Å². The van der Waals surface area contributed by atoms with Crippen molar-refractivity contribution in [3.8, 4) is 11.3 Å². The zero-order valence-corrected chi connectivity index (χ0v) is 11.2. The lowest BCUT2D eigenvalue weighted by Crippen LogP contribution is -2.30. The molecule has 2 rings (SSSR count). The van der Waals surface area contributed by atoms with Crippen LogP contribution in [0.5, 0.6) is 0 Å². The van der Waals surface area contributed by atoms with Gasteiger partial charge in [-0.25, -0.2) is 9.97 Å². The van der Waals surface area contributed by atoms with Crippen molar-refractivity contribution in [1.29, 1.82) is 0 Å². The van der Waals surface area contributed by atoms with E-state index in [0.717, 1.165) is 16.8 Å². The summed E-state index contributed by atoms with van der Waals surface area (Å²) in [6.45, 7) is 5.21. The van der Waals surface area contributed by atoms with E-state index in [1.54, 1.807) is 26.1 Å². The largest absolute Gasteiger partial charge is 0.481 e. The summed E-state index contributed by atoms with van der Waals surface area (Å²) < 4.78 is 0.